The van der Waals surface area contributed by atoms with Gasteiger partial charge < -0.3 is 10.4 Å². The Morgan fingerprint density at radius 3 is 2.24 bits per heavy atom. The smallest absolute Gasteiger partial charge is 0.255 e. The van der Waals surface area contributed by atoms with E-state index in [4.69, 9.17) is 11.6 Å². The summed E-state index contributed by atoms with van der Waals surface area (Å²) in [6, 6.07) is 4.89. The number of anilines is 1. The molecule has 0 radical (unpaired) electrons. The van der Waals surface area contributed by atoms with Crippen molar-refractivity contribution in [2.75, 3.05) is 5.32 Å². The number of benzene rings is 2. The van der Waals surface area contributed by atoms with Crippen LogP contribution in [0.1, 0.15) is 36.0 Å². The minimum atomic E-state index is -3.96. The molecular formula is C23H21ClF3NO4S. The zero-order chi connectivity index (χ0) is 24.1. The van der Waals surface area contributed by atoms with Gasteiger partial charge in [0.25, 0.3) is 5.91 Å². The van der Waals surface area contributed by atoms with Crippen molar-refractivity contribution in [2.45, 2.75) is 41.4 Å². The fraction of sp³-hybridized carbons (Fsp3) is 0.348. The molecule has 2 unspecified atom stereocenters. The summed E-state index contributed by atoms with van der Waals surface area (Å²) in [6.07, 6.45) is 3.29. The minimum absolute atomic E-state index is 0.0608. The van der Waals surface area contributed by atoms with E-state index in [9.17, 15) is 31.5 Å². The fourth-order valence-electron chi connectivity index (χ4n) is 5.08. The summed E-state index contributed by atoms with van der Waals surface area (Å²) in [6.45, 7) is 3.66. The van der Waals surface area contributed by atoms with E-state index in [0.29, 0.717) is 25.0 Å². The largest absolute Gasteiger partial charge is 0.386 e. The highest BCUT2D eigenvalue weighted by atomic mass is 35.5. The van der Waals surface area contributed by atoms with Crippen molar-refractivity contribution in [2.24, 2.45) is 11.8 Å². The second-order valence-electron chi connectivity index (χ2n) is 8.68. The molecule has 2 aliphatic carbocycles. The molecule has 2 aromatic rings. The number of nitrogens with one attached hydrogen (secondary N) is 1. The second kappa shape index (κ2) is 8.45. The molecule has 4 rings (SSSR count). The van der Waals surface area contributed by atoms with Gasteiger partial charge in [0.1, 0.15) is 0 Å². The molecular weight excluding hydrogens is 479 g/mol. The van der Waals surface area contributed by atoms with Gasteiger partial charge in [0.2, 0.25) is 0 Å². The number of fused-ring (bicyclic) bond motifs is 2. The predicted octanol–water partition coefficient (Wildman–Crippen LogP) is 4.89. The fourth-order valence-corrected chi connectivity index (χ4v) is 7.93. The molecule has 2 aromatic carbocycles. The lowest BCUT2D eigenvalue weighted by atomic mass is 9.77. The van der Waals surface area contributed by atoms with Crippen molar-refractivity contribution in [3.05, 3.63) is 71.0 Å². The molecule has 0 saturated heterocycles. The van der Waals surface area contributed by atoms with Gasteiger partial charge in [-0.15, -0.1) is 6.58 Å². The molecule has 33 heavy (non-hydrogen) atoms. The molecule has 2 N–H and O–H groups in total. The van der Waals surface area contributed by atoms with Crippen LogP contribution in [0.25, 0.3) is 0 Å². The Balaban J connectivity index is 1.64. The lowest BCUT2D eigenvalue weighted by Crippen LogP contribution is -2.45. The van der Waals surface area contributed by atoms with Crippen LogP contribution in [0, 0.1) is 29.3 Å². The van der Waals surface area contributed by atoms with Gasteiger partial charge in [-0.3, -0.25) is 4.79 Å². The van der Waals surface area contributed by atoms with Crippen LogP contribution in [0.15, 0.2) is 47.9 Å². The molecule has 0 aliphatic heterocycles. The topological polar surface area (TPSA) is 83.5 Å². The van der Waals surface area contributed by atoms with Gasteiger partial charge in [-0.05, 0) is 55.7 Å². The van der Waals surface area contributed by atoms with Gasteiger partial charge in [0.15, 0.2) is 27.3 Å². The minimum Gasteiger partial charge on any atom is -0.386 e. The molecule has 10 heteroatoms. The third kappa shape index (κ3) is 4.29. The van der Waals surface area contributed by atoms with E-state index in [1.807, 2.05) is 0 Å². The van der Waals surface area contributed by atoms with Crippen LogP contribution in [-0.4, -0.2) is 30.3 Å². The van der Waals surface area contributed by atoms with E-state index in [1.54, 1.807) is 0 Å². The summed E-state index contributed by atoms with van der Waals surface area (Å²) in [5, 5.41) is 12.0. The number of hydrogen-bond donors (Lipinski definition) is 2. The molecule has 176 valence electrons. The average Bonchev–Trinajstić information content (AvgIpc) is 3.05. The SMILES string of the molecule is C=C[C@]1(O)CC2CCC(C1)[C@H]2S(=O)(=O)c1cc(C(=O)Nc2cc(F)c(F)c(F)c2)ccc1Cl. The first-order valence-electron chi connectivity index (χ1n) is 10.3. The first kappa shape index (κ1) is 23.8. The molecule has 0 spiro atoms. The van der Waals surface area contributed by atoms with Crippen LogP contribution in [0.4, 0.5) is 18.9 Å². The van der Waals surface area contributed by atoms with Crippen LogP contribution in [0.5, 0.6) is 0 Å². The summed E-state index contributed by atoms with van der Waals surface area (Å²) >= 11 is 6.21. The first-order chi connectivity index (χ1) is 15.4. The lowest BCUT2D eigenvalue weighted by Gasteiger charge is -2.39. The predicted molar refractivity (Wildman–Crippen MR) is 117 cm³/mol. The molecule has 0 aromatic heterocycles. The van der Waals surface area contributed by atoms with E-state index >= 15 is 0 Å². The number of carbonyl (C=O) groups excluding carboxylic acids is 1. The normalized spacial score (nSPS) is 26.8. The lowest BCUT2D eigenvalue weighted by molar-refractivity contribution is 0.0254. The zero-order valence-corrected chi connectivity index (χ0v) is 18.9. The Hall–Kier alpha value is -2.36. The van der Waals surface area contributed by atoms with E-state index in [0.717, 1.165) is 6.07 Å². The summed E-state index contributed by atoms with van der Waals surface area (Å²) in [7, 11) is -3.96. The summed E-state index contributed by atoms with van der Waals surface area (Å²) in [4.78, 5) is 12.4. The summed E-state index contributed by atoms with van der Waals surface area (Å²) in [5.41, 5.74) is -1.54. The van der Waals surface area contributed by atoms with E-state index in [-0.39, 0.29) is 45.8 Å². The number of carbonyl (C=O) groups is 1. The summed E-state index contributed by atoms with van der Waals surface area (Å²) in [5.74, 6) is -6.03. The van der Waals surface area contributed by atoms with Crippen molar-refractivity contribution in [3.8, 4) is 0 Å². The maximum Gasteiger partial charge on any atom is 0.255 e. The monoisotopic (exact) mass is 499 g/mol. The highest BCUT2D eigenvalue weighted by Gasteiger charge is 2.53. The number of hydrogen-bond acceptors (Lipinski definition) is 4. The first-order valence-corrected chi connectivity index (χ1v) is 12.2. The molecule has 2 saturated carbocycles. The van der Waals surface area contributed by atoms with Crippen molar-refractivity contribution in [1.82, 2.24) is 0 Å². The van der Waals surface area contributed by atoms with Crippen LogP contribution >= 0.6 is 11.6 Å². The van der Waals surface area contributed by atoms with E-state index < -0.39 is 44.0 Å². The highest BCUT2D eigenvalue weighted by molar-refractivity contribution is 7.92. The van der Waals surface area contributed by atoms with Gasteiger partial charge in [0, 0.05) is 23.4 Å². The van der Waals surface area contributed by atoms with Crippen molar-refractivity contribution in [3.63, 3.8) is 0 Å². The molecule has 2 bridgehead atoms. The maximum atomic E-state index is 13.6. The average molecular weight is 500 g/mol. The Labute approximate surface area is 194 Å². The number of halogens is 4. The molecule has 0 heterocycles. The van der Waals surface area contributed by atoms with Crippen LogP contribution in [0.3, 0.4) is 0 Å². The van der Waals surface area contributed by atoms with Crippen LogP contribution in [0.2, 0.25) is 5.02 Å². The molecule has 2 fully saturated rings. The maximum absolute atomic E-state index is 13.6. The molecule has 2 atom stereocenters. The van der Waals surface area contributed by atoms with Crippen molar-refractivity contribution < 1.29 is 31.5 Å². The van der Waals surface area contributed by atoms with Gasteiger partial charge in [-0.1, -0.05) is 17.7 Å². The third-order valence-corrected chi connectivity index (χ3v) is 9.43. The van der Waals surface area contributed by atoms with Gasteiger partial charge in [0.05, 0.1) is 20.8 Å². The van der Waals surface area contributed by atoms with Crippen LogP contribution in [-0.2, 0) is 9.84 Å². The summed E-state index contributed by atoms with van der Waals surface area (Å²) < 4.78 is 67.2. The Bertz CT molecular complexity index is 1210. The number of rotatable bonds is 5. The van der Waals surface area contributed by atoms with E-state index in [2.05, 4.69) is 11.9 Å². The van der Waals surface area contributed by atoms with E-state index in [1.165, 1.54) is 18.2 Å². The Morgan fingerprint density at radius 2 is 1.70 bits per heavy atom. The standard InChI is InChI=1S/C23H21ClF3NO4S/c1-2-23(30)10-13-3-4-14(11-23)21(13)33(31,32)19-7-12(5-6-16(19)24)22(29)28-15-8-17(25)20(27)18(26)9-15/h2,5-9,13-14,21,30H,1,3-4,10-11H2,(H,28,29)/t13?,14?,21-,23-. The number of aliphatic hydroxyl groups is 1. The Kier molecular flexibility index (Phi) is 6.09. The third-order valence-electron chi connectivity index (χ3n) is 6.55. The highest BCUT2D eigenvalue weighted by Crippen LogP contribution is 2.51. The van der Waals surface area contributed by atoms with Crippen molar-refractivity contribution in [1.29, 1.82) is 0 Å². The van der Waals surface area contributed by atoms with Gasteiger partial charge >= 0.3 is 0 Å². The van der Waals surface area contributed by atoms with Gasteiger partial charge in [-0.2, -0.15) is 0 Å². The van der Waals surface area contributed by atoms with Crippen LogP contribution < -0.4 is 5.32 Å². The zero-order valence-electron chi connectivity index (χ0n) is 17.3. The second-order valence-corrected chi connectivity index (χ2v) is 11.2. The molecule has 2 aliphatic rings. The quantitative estimate of drug-likeness (QED) is 0.453. The number of amides is 1. The molecule has 5 nitrogen and oxygen atoms in total. The Morgan fingerprint density at radius 1 is 1.12 bits per heavy atom. The number of sulfone groups is 1. The van der Waals surface area contributed by atoms with Gasteiger partial charge in [-0.25, -0.2) is 21.6 Å². The van der Waals surface area contributed by atoms with Crippen molar-refractivity contribution >= 4 is 33.0 Å². The molecule has 1 amide bonds.